The van der Waals surface area contributed by atoms with Crippen LogP contribution in [0.2, 0.25) is 0 Å². The van der Waals surface area contributed by atoms with Gasteiger partial charge >= 0.3 is 0 Å². The Balaban J connectivity index is 1.51. The highest BCUT2D eigenvalue weighted by molar-refractivity contribution is 5.83. The van der Waals surface area contributed by atoms with Crippen LogP contribution in [0.25, 0.3) is 0 Å². The molecule has 0 aromatic heterocycles. The van der Waals surface area contributed by atoms with Crippen molar-refractivity contribution in [3.8, 4) is 0 Å². The Hall–Kier alpha value is -1.39. The molecule has 1 aromatic carbocycles. The molecule has 0 radical (unpaired) electrons. The predicted octanol–water partition coefficient (Wildman–Crippen LogP) is 0.220. The first-order valence-electron chi connectivity index (χ1n) is 6.64. The van der Waals surface area contributed by atoms with Crippen LogP contribution in [0, 0.1) is 0 Å². The molecular weight excluding hydrogens is 226 g/mol. The zero-order chi connectivity index (χ0) is 12.4. The van der Waals surface area contributed by atoms with Gasteiger partial charge in [-0.1, -0.05) is 30.3 Å². The number of benzene rings is 1. The molecule has 2 aliphatic rings. The summed E-state index contributed by atoms with van der Waals surface area (Å²) in [6.45, 7) is 2.54. The third-order valence-electron chi connectivity index (χ3n) is 3.70. The van der Waals surface area contributed by atoms with Crippen molar-refractivity contribution in [1.82, 2.24) is 16.0 Å². The Labute approximate surface area is 107 Å². The normalized spacial score (nSPS) is 30.8. The Morgan fingerprint density at radius 2 is 2.06 bits per heavy atom. The van der Waals surface area contributed by atoms with Gasteiger partial charge in [-0.25, -0.2) is 0 Å². The van der Waals surface area contributed by atoms with E-state index in [9.17, 15) is 4.79 Å². The molecular formula is C14H19N3O. The van der Waals surface area contributed by atoms with Crippen LogP contribution in [-0.2, 0) is 4.79 Å². The van der Waals surface area contributed by atoms with Gasteiger partial charge < -0.3 is 16.0 Å². The molecule has 1 saturated heterocycles. The van der Waals surface area contributed by atoms with E-state index >= 15 is 0 Å². The second-order valence-corrected chi connectivity index (χ2v) is 5.08. The molecule has 2 fully saturated rings. The third kappa shape index (κ3) is 2.54. The van der Waals surface area contributed by atoms with Crippen LogP contribution in [0.15, 0.2) is 30.3 Å². The summed E-state index contributed by atoms with van der Waals surface area (Å²) < 4.78 is 0. The highest BCUT2D eigenvalue weighted by Gasteiger charge is 2.40. The van der Waals surface area contributed by atoms with Crippen molar-refractivity contribution in [1.29, 1.82) is 0 Å². The van der Waals surface area contributed by atoms with E-state index in [1.807, 2.05) is 6.07 Å². The molecule has 4 nitrogen and oxygen atoms in total. The van der Waals surface area contributed by atoms with Gasteiger partial charge in [-0.3, -0.25) is 4.79 Å². The van der Waals surface area contributed by atoms with E-state index in [1.165, 1.54) is 5.56 Å². The van der Waals surface area contributed by atoms with E-state index in [1.54, 1.807) is 0 Å². The first kappa shape index (κ1) is 11.7. The van der Waals surface area contributed by atoms with Crippen LogP contribution >= 0.6 is 0 Å². The summed E-state index contributed by atoms with van der Waals surface area (Å²) >= 11 is 0. The summed E-state index contributed by atoms with van der Waals surface area (Å²) in [5.74, 6) is 0.636. The maximum Gasteiger partial charge on any atom is 0.238 e. The summed E-state index contributed by atoms with van der Waals surface area (Å²) in [5, 5.41) is 9.59. The maximum absolute atomic E-state index is 12.0. The lowest BCUT2D eigenvalue weighted by Crippen LogP contribution is -2.56. The van der Waals surface area contributed by atoms with Crippen LogP contribution in [-0.4, -0.2) is 37.6 Å². The number of rotatable bonds is 3. The Bertz CT molecular complexity index is 414. The van der Waals surface area contributed by atoms with Gasteiger partial charge in [-0.05, 0) is 12.0 Å². The monoisotopic (exact) mass is 245 g/mol. The van der Waals surface area contributed by atoms with Gasteiger partial charge in [0.15, 0.2) is 0 Å². The molecule has 3 unspecified atom stereocenters. The quantitative estimate of drug-likeness (QED) is 0.714. The van der Waals surface area contributed by atoms with Crippen LogP contribution in [0.4, 0.5) is 0 Å². The van der Waals surface area contributed by atoms with Gasteiger partial charge in [0, 0.05) is 31.6 Å². The fourth-order valence-corrected chi connectivity index (χ4v) is 2.55. The smallest absolute Gasteiger partial charge is 0.238 e. The topological polar surface area (TPSA) is 53.2 Å². The lowest BCUT2D eigenvalue weighted by atomic mass is 10.1. The molecule has 1 amide bonds. The van der Waals surface area contributed by atoms with Gasteiger partial charge in [0.25, 0.3) is 0 Å². The average Bonchev–Trinajstić information content (AvgIpc) is 3.20. The summed E-state index contributed by atoms with van der Waals surface area (Å²) in [7, 11) is 0. The Morgan fingerprint density at radius 3 is 2.78 bits per heavy atom. The van der Waals surface area contributed by atoms with Gasteiger partial charge in [-0.15, -0.1) is 0 Å². The van der Waals surface area contributed by atoms with E-state index in [2.05, 4.69) is 40.2 Å². The molecule has 0 bridgehead atoms. The summed E-state index contributed by atoms with van der Waals surface area (Å²) in [6, 6.07) is 10.7. The second kappa shape index (κ2) is 5.08. The van der Waals surface area contributed by atoms with Crippen molar-refractivity contribution in [3.63, 3.8) is 0 Å². The molecule has 3 atom stereocenters. The summed E-state index contributed by atoms with van der Waals surface area (Å²) in [6.07, 6.45) is 1.07. The van der Waals surface area contributed by atoms with Crippen molar-refractivity contribution < 1.29 is 4.79 Å². The van der Waals surface area contributed by atoms with Gasteiger partial charge in [0.05, 0.1) is 6.04 Å². The molecule has 4 heteroatoms. The number of hydrogen-bond acceptors (Lipinski definition) is 3. The van der Waals surface area contributed by atoms with Crippen molar-refractivity contribution in [2.75, 3.05) is 19.6 Å². The minimum atomic E-state index is -0.0734. The summed E-state index contributed by atoms with van der Waals surface area (Å²) in [4.78, 5) is 12.0. The standard InChI is InChI=1S/C14H19N3O/c18-14(13-9-15-6-7-16-13)17-12-8-11(12)10-4-2-1-3-5-10/h1-5,11-13,15-16H,6-9H2,(H,17,18). The molecule has 3 N–H and O–H groups in total. The highest BCUT2D eigenvalue weighted by atomic mass is 16.2. The van der Waals surface area contributed by atoms with Crippen LogP contribution in [0.5, 0.6) is 0 Å². The molecule has 1 aromatic rings. The van der Waals surface area contributed by atoms with E-state index < -0.39 is 0 Å². The second-order valence-electron chi connectivity index (χ2n) is 5.08. The summed E-state index contributed by atoms with van der Waals surface area (Å²) in [5.41, 5.74) is 1.33. The molecule has 1 aliphatic carbocycles. The van der Waals surface area contributed by atoms with Crippen molar-refractivity contribution in [2.45, 2.75) is 24.4 Å². The fourth-order valence-electron chi connectivity index (χ4n) is 2.55. The van der Waals surface area contributed by atoms with Crippen LogP contribution in [0.1, 0.15) is 17.9 Å². The number of nitrogens with one attached hydrogen (secondary N) is 3. The number of hydrogen-bond donors (Lipinski definition) is 3. The highest BCUT2D eigenvalue weighted by Crippen LogP contribution is 2.40. The largest absolute Gasteiger partial charge is 0.351 e. The van der Waals surface area contributed by atoms with Gasteiger partial charge in [0.1, 0.15) is 0 Å². The predicted molar refractivity (Wildman–Crippen MR) is 70.4 cm³/mol. The molecule has 18 heavy (non-hydrogen) atoms. The van der Waals surface area contributed by atoms with Gasteiger partial charge in [0.2, 0.25) is 5.91 Å². The Kier molecular flexibility index (Phi) is 3.30. The number of piperazine rings is 1. The zero-order valence-electron chi connectivity index (χ0n) is 10.4. The first-order chi connectivity index (χ1) is 8.84. The first-order valence-corrected chi connectivity index (χ1v) is 6.64. The van der Waals surface area contributed by atoms with Crippen molar-refractivity contribution >= 4 is 5.91 Å². The SMILES string of the molecule is O=C(NC1CC1c1ccccc1)C1CNCCN1. The molecule has 3 rings (SSSR count). The molecule has 96 valence electrons. The molecule has 1 heterocycles. The fraction of sp³-hybridized carbons (Fsp3) is 0.500. The molecule has 1 saturated carbocycles. The third-order valence-corrected chi connectivity index (χ3v) is 3.70. The van der Waals surface area contributed by atoms with E-state index in [0.717, 1.165) is 26.1 Å². The Morgan fingerprint density at radius 1 is 1.22 bits per heavy atom. The van der Waals surface area contributed by atoms with E-state index in [4.69, 9.17) is 0 Å². The molecule has 0 spiro atoms. The van der Waals surface area contributed by atoms with Crippen LogP contribution < -0.4 is 16.0 Å². The maximum atomic E-state index is 12.0. The number of carbonyl (C=O) groups excluding carboxylic acids is 1. The van der Waals surface area contributed by atoms with E-state index in [0.29, 0.717) is 12.0 Å². The minimum absolute atomic E-state index is 0.0734. The minimum Gasteiger partial charge on any atom is -0.351 e. The lowest BCUT2D eigenvalue weighted by molar-refractivity contribution is -0.123. The van der Waals surface area contributed by atoms with E-state index in [-0.39, 0.29) is 11.9 Å². The lowest BCUT2D eigenvalue weighted by Gasteiger charge is -2.23. The van der Waals surface area contributed by atoms with Crippen molar-refractivity contribution in [3.05, 3.63) is 35.9 Å². The van der Waals surface area contributed by atoms with Gasteiger partial charge in [-0.2, -0.15) is 0 Å². The molecule has 1 aliphatic heterocycles. The van der Waals surface area contributed by atoms with Crippen LogP contribution in [0.3, 0.4) is 0 Å². The number of carbonyl (C=O) groups is 1. The average molecular weight is 245 g/mol. The number of amides is 1. The zero-order valence-corrected chi connectivity index (χ0v) is 10.4. The van der Waals surface area contributed by atoms with Crippen molar-refractivity contribution in [2.24, 2.45) is 0 Å².